The van der Waals surface area contributed by atoms with E-state index in [1.807, 2.05) is 0 Å². The molecule has 5 heteroatoms. The highest BCUT2D eigenvalue weighted by atomic mass is 35.5. The van der Waals surface area contributed by atoms with E-state index in [9.17, 15) is 4.79 Å². The fourth-order valence-electron chi connectivity index (χ4n) is 2.74. The lowest BCUT2D eigenvalue weighted by molar-refractivity contribution is -0.116. The van der Waals surface area contributed by atoms with Crippen LogP contribution >= 0.6 is 11.6 Å². The summed E-state index contributed by atoms with van der Waals surface area (Å²) >= 11 is 5.85. The summed E-state index contributed by atoms with van der Waals surface area (Å²) in [5, 5.41) is 3.37. The molecule has 0 saturated carbocycles. The van der Waals surface area contributed by atoms with Gasteiger partial charge in [0.25, 0.3) is 0 Å². The SMILES string of the molecule is CCC1CCCN1CCC(=O)Nc1ccc(Cl)c(N)c1. The monoisotopic (exact) mass is 295 g/mol. The summed E-state index contributed by atoms with van der Waals surface area (Å²) in [7, 11) is 0. The molecule has 1 heterocycles. The average molecular weight is 296 g/mol. The Morgan fingerprint density at radius 3 is 3.05 bits per heavy atom. The number of carbonyl (C=O) groups excluding carboxylic acids is 1. The number of nitrogen functional groups attached to an aromatic ring is 1. The molecule has 1 aromatic rings. The van der Waals surface area contributed by atoms with Crippen LogP contribution in [0.3, 0.4) is 0 Å². The van der Waals surface area contributed by atoms with Crippen molar-refractivity contribution in [3.05, 3.63) is 23.2 Å². The van der Waals surface area contributed by atoms with Crippen LogP contribution in [0.15, 0.2) is 18.2 Å². The van der Waals surface area contributed by atoms with E-state index in [0.29, 0.717) is 28.9 Å². The van der Waals surface area contributed by atoms with Gasteiger partial charge in [-0.3, -0.25) is 9.69 Å². The number of nitrogens with one attached hydrogen (secondary N) is 1. The molecule has 2 rings (SSSR count). The Morgan fingerprint density at radius 1 is 1.55 bits per heavy atom. The van der Waals surface area contributed by atoms with Gasteiger partial charge < -0.3 is 11.1 Å². The molecule has 3 N–H and O–H groups in total. The Labute approximate surface area is 125 Å². The average Bonchev–Trinajstić information content (AvgIpc) is 2.88. The highest BCUT2D eigenvalue weighted by molar-refractivity contribution is 6.33. The second-order valence-corrected chi connectivity index (χ2v) is 5.68. The zero-order valence-corrected chi connectivity index (χ0v) is 12.6. The molecular formula is C15H22ClN3O. The Balaban J connectivity index is 1.81. The second-order valence-electron chi connectivity index (χ2n) is 5.27. The normalized spacial score (nSPS) is 19.2. The third-order valence-electron chi connectivity index (χ3n) is 3.88. The lowest BCUT2D eigenvalue weighted by Gasteiger charge is -2.22. The van der Waals surface area contributed by atoms with Crippen LogP contribution in [-0.2, 0) is 4.79 Å². The molecule has 4 nitrogen and oxygen atoms in total. The van der Waals surface area contributed by atoms with E-state index in [1.165, 1.54) is 12.8 Å². The van der Waals surface area contributed by atoms with E-state index in [-0.39, 0.29) is 5.91 Å². The predicted octanol–water partition coefficient (Wildman–Crippen LogP) is 3.13. The molecule has 1 unspecified atom stereocenters. The molecule has 1 aliphatic heterocycles. The first kappa shape index (κ1) is 15.1. The van der Waals surface area contributed by atoms with E-state index >= 15 is 0 Å². The van der Waals surface area contributed by atoms with Gasteiger partial charge in [0.15, 0.2) is 0 Å². The number of nitrogens with zero attached hydrogens (tertiary/aromatic N) is 1. The van der Waals surface area contributed by atoms with Gasteiger partial charge in [-0.25, -0.2) is 0 Å². The summed E-state index contributed by atoms with van der Waals surface area (Å²) in [5.74, 6) is 0.0217. The summed E-state index contributed by atoms with van der Waals surface area (Å²) in [4.78, 5) is 14.4. The highest BCUT2D eigenvalue weighted by Crippen LogP contribution is 2.23. The second kappa shape index (κ2) is 6.95. The largest absolute Gasteiger partial charge is 0.397 e. The summed E-state index contributed by atoms with van der Waals surface area (Å²) in [6.07, 6.45) is 4.17. The molecule has 0 radical (unpaired) electrons. The van der Waals surface area contributed by atoms with Crippen LogP contribution in [0, 0.1) is 0 Å². The first-order valence-electron chi connectivity index (χ1n) is 7.19. The van der Waals surface area contributed by atoms with Crippen molar-refractivity contribution in [1.82, 2.24) is 4.90 Å². The maximum atomic E-state index is 11.9. The number of anilines is 2. The quantitative estimate of drug-likeness (QED) is 0.821. The number of halogens is 1. The summed E-state index contributed by atoms with van der Waals surface area (Å²) in [6, 6.07) is 5.79. The molecule has 0 aliphatic carbocycles. The van der Waals surface area contributed by atoms with Gasteiger partial charge >= 0.3 is 0 Å². The van der Waals surface area contributed by atoms with Crippen molar-refractivity contribution >= 4 is 28.9 Å². The number of rotatable bonds is 5. The molecule has 0 bridgehead atoms. The standard InChI is InChI=1S/C15H22ClN3O/c1-2-12-4-3-8-19(12)9-7-15(20)18-11-5-6-13(16)14(17)10-11/h5-6,10,12H,2-4,7-9,17H2,1H3,(H,18,20). The molecule has 1 aromatic carbocycles. The number of carbonyl (C=O) groups is 1. The van der Waals surface area contributed by atoms with Crippen LogP contribution in [-0.4, -0.2) is 29.9 Å². The number of hydrogen-bond donors (Lipinski definition) is 2. The Morgan fingerprint density at radius 2 is 2.35 bits per heavy atom. The zero-order valence-electron chi connectivity index (χ0n) is 11.9. The van der Waals surface area contributed by atoms with Crippen LogP contribution in [0.2, 0.25) is 5.02 Å². The van der Waals surface area contributed by atoms with Crippen LogP contribution in [0.25, 0.3) is 0 Å². The van der Waals surface area contributed by atoms with Gasteiger partial charge in [0, 0.05) is 24.7 Å². The molecule has 1 amide bonds. The molecule has 0 aromatic heterocycles. The van der Waals surface area contributed by atoms with Gasteiger partial charge in [-0.05, 0) is 44.0 Å². The Hall–Kier alpha value is -1.26. The van der Waals surface area contributed by atoms with E-state index < -0.39 is 0 Å². The van der Waals surface area contributed by atoms with Crippen molar-refractivity contribution in [1.29, 1.82) is 0 Å². The first-order valence-corrected chi connectivity index (χ1v) is 7.57. The minimum atomic E-state index is 0.0217. The smallest absolute Gasteiger partial charge is 0.225 e. The molecule has 1 aliphatic rings. The van der Waals surface area contributed by atoms with Crippen molar-refractivity contribution in [2.75, 3.05) is 24.1 Å². The minimum Gasteiger partial charge on any atom is -0.397 e. The zero-order chi connectivity index (χ0) is 14.5. The number of benzene rings is 1. The van der Waals surface area contributed by atoms with Crippen molar-refractivity contribution in [3.63, 3.8) is 0 Å². The van der Waals surface area contributed by atoms with Crippen molar-refractivity contribution < 1.29 is 4.79 Å². The topological polar surface area (TPSA) is 58.4 Å². The summed E-state index contributed by atoms with van der Waals surface area (Å²) in [6.45, 7) is 4.15. The number of nitrogens with two attached hydrogens (primary N) is 1. The number of amides is 1. The van der Waals surface area contributed by atoms with Crippen molar-refractivity contribution in [2.24, 2.45) is 0 Å². The lowest BCUT2D eigenvalue weighted by atomic mass is 10.1. The maximum absolute atomic E-state index is 11.9. The van der Waals surface area contributed by atoms with E-state index in [2.05, 4.69) is 17.1 Å². The third kappa shape index (κ3) is 3.87. The maximum Gasteiger partial charge on any atom is 0.225 e. The van der Waals surface area contributed by atoms with E-state index in [4.69, 9.17) is 17.3 Å². The Kier molecular flexibility index (Phi) is 5.26. The van der Waals surface area contributed by atoms with Crippen LogP contribution in [0.5, 0.6) is 0 Å². The number of hydrogen-bond acceptors (Lipinski definition) is 3. The van der Waals surface area contributed by atoms with Gasteiger partial charge in [-0.1, -0.05) is 18.5 Å². The number of likely N-dealkylation sites (tertiary alicyclic amines) is 1. The first-order chi connectivity index (χ1) is 9.60. The predicted molar refractivity (Wildman–Crippen MR) is 84.0 cm³/mol. The van der Waals surface area contributed by atoms with Gasteiger partial charge in [0.1, 0.15) is 0 Å². The van der Waals surface area contributed by atoms with Crippen molar-refractivity contribution in [2.45, 2.75) is 38.6 Å². The molecule has 1 atom stereocenters. The van der Waals surface area contributed by atoms with E-state index in [0.717, 1.165) is 19.5 Å². The van der Waals surface area contributed by atoms with Crippen LogP contribution < -0.4 is 11.1 Å². The van der Waals surface area contributed by atoms with Gasteiger partial charge in [-0.15, -0.1) is 0 Å². The molecule has 110 valence electrons. The van der Waals surface area contributed by atoms with E-state index in [1.54, 1.807) is 18.2 Å². The fourth-order valence-corrected chi connectivity index (χ4v) is 2.86. The molecule has 20 heavy (non-hydrogen) atoms. The minimum absolute atomic E-state index is 0.0217. The fraction of sp³-hybridized carbons (Fsp3) is 0.533. The molecule has 1 saturated heterocycles. The summed E-state index contributed by atoms with van der Waals surface area (Å²) in [5.41, 5.74) is 6.90. The molecule has 1 fully saturated rings. The highest BCUT2D eigenvalue weighted by Gasteiger charge is 2.22. The summed E-state index contributed by atoms with van der Waals surface area (Å²) < 4.78 is 0. The van der Waals surface area contributed by atoms with Gasteiger partial charge in [-0.2, -0.15) is 0 Å². The Bertz CT molecular complexity index is 478. The lowest BCUT2D eigenvalue weighted by Crippen LogP contribution is -2.31. The van der Waals surface area contributed by atoms with Gasteiger partial charge in [0.05, 0.1) is 10.7 Å². The van der Waals surface area contributed by atoms with Gasteiger partial charge in [0.2, 0.25) is 5.91 Å². The molecular weight excluding hydrogens is 274 g/mol. The van der Waals surface area contributed by atoms with Crippen LogP contribution in [0.4, 0.5) is 11.4 Å². The van der Waals surface area contributed by atoms with Crippen molar-refractivity contribution in [3.8, 4) is 0 Å². The van der Waals surface area contributed by atoms with Crippen LogP contribution in [0.1, 0.15) is 32.6 Å². The molecule has 0 spiro atoms. The third-order valence-corrected chi connectivity index (χ3v) is 4.22.